The minimum atomic E-state index is -1.65. The smallest absolute Gasteiger partial charge is 0 e. The molecule has 34 heavy (non-hydrogen) atoms. The molecule has 0 spiro atoms. The first-order valence-corrected chi connectivity index (χ1v) is 15.6. The molecule has 2 aliphatic rings. The molecule has 6 heteroatoms. The van der Waals surface area contributed by atoms with Gasteiger partial charge in [0.1, 0.15) is 0 Å². The summed E-state index contributed by atoms with van der Waals surface area (Å²) < 4.78 is 2.94. The third-order valence-electron chi connectivity index (χ3n) is 6.24. The summed E-state index contributed by atoms with van der Waals surface area (Å²) in [6.07, 6.45) is 3.18. The van der Waals surface area contributed by atoms with Crippen molar-refractivity contribution in [2.24, 2.45) is 0 Å². The number of carbonyl (C=O) groups is 1. The number of nitrogens with zero attached hydrogens (tertiary/aromatic N) is 1. The number of aromatic nitrogens is 1. The van der Waals surface area contributed by atoms with E-state index in [2.05, 4.69) is 73.8 Å². The van der Waals surface area contributed by atoms with Gasteiger partial charge >= 0.3 is 160 Å². The average molecular weight is 706 g/mol. The van der Waals surface area contributed by atoms with Gasteiger partial charge < -0.3 is 5.11 Å². The van der Waals surface area contributed by atoms with Gasteiger partial charge in [-0.05, 0) is 13.8 Å². The van der Waals surface area contributed by atoms with Crippen molar-refractivity contribution < 1.29 is 30.0 Å². The summed E-state index contributed by atoms with van der Waals surface area (Å²) in [5, 5.41) is 14.1. The fourth-order valence-electron chi connectivity index (χ4n) is 4.83. The Labute approximate surface area is 220 Å². The predicted octanol–water partition coefficient (Wildman–Crippen LogP) is 3.51. The number of benzene rings is 3. The number of aliphatic hydroxyl groups is 1. The number of aliphatic hydroxyl groups excluding tert-OH is 1. The molecule has 2 aliphatic heterocycles. The van der Waals surface area contributed by atoms with Gasteiger partial charge in [0.05, 0.1) is 5.76 Å². The van der Waals surface area contributed by atoms with Crippen LogP contribution in [0.5, 0.6) is 0 Å². The molecule has 3 aromatic carbocycles. The fraction of sp³-hybridized carbons (Fsp3) is 0.143. The summed E-state index contributed by atoms with van der Waals surface area (Å²) >= 11 is 0.255. The zero-order valence-corrected chi connectivity index (χ0v) is 24.5. The zero-order chi connectivity index (χ0) is 23.3. The van der Waals surface area contributed by atoms with Crippen molar-refractivity contribution in [1.29, 1.82) is 0 Å². The topological polar surface area (TPSA) is 50.2 Å². The van der Waals surface area contributed by atoms with E-state index in [4.69, 9.17) is 10.1 Å². The molecule has 0 saturated carbocycles. The van der Waals surface area contributed by atoms with Crippen molar-refractivity contribution in [2.75, 3.05) is 0 Å². The first kappa shape index (κ1) is 24.8. The van der Waals surface area contributed by atoms with Gasteiger partial charge in [-0.15, -0.1) is 0 Å². The van der Waals surface area contributed by atoms with Gasteiger partial charge in [-0.1, -0.05) is 0 Å². The Morgan fingerprint density at radius 3 is 2.47 bits per heavy atom. The van der Waals surface area contributed by atoms with Gasteiger partial charge in [0.15, 0.2) is 5.78 Å². The van der Waals surface area contributed by atoms with E-state index in [-0.39, 0.29) is 46.6 Å². The standard InChI is InChI=1S/C23H16NSeSi.C5H8O2.Ir/c1-26(2)18-9-5-8-17-20(18)21-19(26)12-13-24-22(21)16-11-10-14-6-3-4-7-15(14)23(16)25-17;1-4(6)3-5(2)7;/h3-10,12-13H,1-2H3;3,6H,1-2H3;/q-1;;/b;4-3-;. The summed E-state index contributed by atoms with van der Waals surface area (Å²) in [4.78, 5) is 14.9. The Morgan fingerprint density at radius 1 is 1.03 bits per heavy atom. The first-order valence-electron chi connectivity index (χ1n) is 10.9. The predicted molar refractivity (Wildman–Crippen MR) is 140 cm³/mol. The van der Waals surface area contributed by atoms with Crippen LogP contribution in [0.15, 0.2) is 72.6 Å². The molecule has 3 heterocycles. The van der Waals surface area contributed by atoms with Crippen LogP contribution in [0.1, 0.15) is 13.8 Å². The Morgan fingerprint density at radius 2 is 1.76 bits per heavy atom. The van der Waals surface area contributed by atoms with Crippen molar-refractivity contribution >= 4 is 58.9 Å². The summed E-state index contributed by atoms with van der Waals surface area (Å²) in [6, 6.07) is 23.7. The Balaban J connectivity index is 0.000000303. The molecule has 0 fully saturated rings. The van der Waals surface area contributed by atoms with E-state index in [1.54, 1.807) is 5.19 Å². The number of carbonyl (C=O) groups excluding carboxylic acids is 1. The quantitative estimate of drug-likeness (QED) is 0.126. The monoisotopic (exact) mass is 707 g/mol. The number of hydrogen-bond donors (Lipinski definition) is 1. The third kappa shape index (κ3) is 4.04. The molecule has 1 N–H and O–H groups in total. The minimum absolute atomic E-state index is 0. The van der Waals surface area contributed by atoms with Crippen LogP contribution < -0.4 is 19.3 Å². The van der Waals surface area contributed by atoms with Crippen LogP contribution in [0.25, 0.3) is 33.2 Å². The van der Waals surface area contributed by atoms with Gasteiger partial charge in [0, 0.05) is 26.2 Å². The second-order valence-electron chi connectivity index (χ2n) is 8.96. The summed E-state index contributed by atoms with van der Waals surface area (Å²) in [5.41, 5.74) is 5.27. The molecule has 6 rings (SSSR count). The normalized spacial score (nSPS) is 14.2. The van der Waals surface area contributed by atoms with E-state index in [9.17, 15) is 4.79 Å². The number of rotatable bonds is 1. The summed E-state index contributed by atoms with van der Waals surface area (Å²) in [6.45, 7) is 7.80. The van der Waals surface area contributed by atoms with Gasteiger partial charge in [0.2, 0.25) is 0 Å². The van der Waals surface area contributed by atoms with Gasteiger partial charge in [-0.3, -0.25) is 4.79 Å². The molecule has 0 aliphatic carbocycles. The van der Waals surface area contributed by atoms with E-state index < -0.39 is 8.07 Å². The maximum atomic E-state index is 10.0. The van der Waals surface area contributed by atoms with E-state index in [1.165, 1.54) is 61.5 Å². The van der Waals surface area contributed by atoms with E-state index >= 15 is 0 Å². The molecular formula is C28H24IrNO2SeSi-. The molecule has 0 amide bonds. The van der Waals surface area contributed by atoms with E-state index in [1.807, 2.05) is 6.20 Å². The maximum Gasteiger partial charge on any atom is 0 e. The Hall–Kier alpha value is -2.33. The molecule has 173 valence electrons. The molecule has 0 unspecified atom stereocenters. The van der Waals surface area contributed by atoms with Crippen LogP contribution >= 0.6 is 0 Å². The van der Waals surface area contributed by atoms with Crippen molar-refractivity contribution in [3.8, 4) is 22.4 Å². The van der Waals surface area contributed by atoms with Gasteiger partial charge in [-0.2, -0.15) is 0 Å². The maximum absolute atomic E-state index is 10.0. The molecule has 3 nitrogen and oxygen atoms in total. The molecule has 0 saturated heterocycles. The second-order valence-corrected chi connectivity index (χ2v) is 15.5. The Kier molecular flexibility index (Phi) is 6.83. The van der Waals surface area contributed by atoms with Crippen molar-refractivity contribution in [2.45, 2.75) is 26.9 Å². The van der Waals surface area contributed by atoms with E-state index in [0.717, 1.165) is 5.69 Å². The van der Waals surface area contributed by atoms with E-state index in [0.29, 0.717) is 0 Å². The van der Waals surface area contributed by atoms with Crippen LogP contribution in [0.4, 0.5) is 0 Å². The number of allylic oxidation sites excluding steroid dienone is 2. The third-order valence-corrected chi connectivity index (χ3v) is 12.3. The van der Waals surface area contributed by atoms with Crippen LogP contribution in [-0.2, 0) is 24.9 Å². The van der Waals surface area contributed by atoms with Crippen molar-refractivity contribution in [3.05, 3.63) is 78.7 Å². The molecule has 1 aromatic heterocycles. The average Bonchev–Trinajstić information content (AvgIpc) is 2.92. The fourth-order valence-corrected chi connectivity index (χ4v) is 10.7. The molecule has 4 aromatic rings. The number of fused-ring (bicyclic) bond motifs is 4. The van der Waals surface area contributed by atoms with Gasteiger partial charge in [0.25, 0.3) is 0 Å². The SMILES string of the molecule is CC(=O)/C=C(/C)O.C[Si]1(C)c2cccc3c2-c2c1ccnc2-c1[c-]cc2ccccc2c1[Se]3.[Ir]. The van der Waals surface area contributed by atoms with Crippen LogP contribution in [0.2, 0.25) is 13.1 Å². The summed E-state index contributed by atoms with van der Waals surface area (Å²) in [5.74, 6) is -0.0625. The van der Waals surface area contributed by atoms with Crippen molar-refractivity contribution in [3.63, 3.8) is 0 Å². The first-order chi connectivity index (χ1) is 15.8. The molecule has 0 bridgehead atoms. The van der Waals surface area contributed by atoms with Crippen molar-refractivity contribution in [1.82, 2.24) is 4.98 Å². The van der Waals surface area contributed by atoms with Crippen LogP contribution in [0, 0.1) is 6.07 Å². The summed E-state index contributed by atoms with van der Waals surface area (Å²) in [7, 11) is -1.65. The Bertz CT molecular complexity index is 1480. The largest absolute Gasteiger partial charge is 0 e. The molecule has 1 radical (unpaired) electrons. The number of hydrogen-bond acceptors (Lipinski definition) is 3. The minimum Gasteiger partial charge on any atom is 0 e. The van der Waals surface area contributed by atoms with Crippen LogP contribution in [0.3, 0.4) is 0 Å². The number of ketones is 1. The second kappa shape index (κ2) is 9.37. The molecule has 0 atom stereocenters. The van der Waals surface area contributed by atoms with Gasteiger partial charge in [-0.25, -0.2) is 0 Å². The number of pyridine rings is 1. The van der Waals surface area contributed by atoms with Crippen LogP contribution in [-0.4, -0.2) is 38.9 Å². The molecular weight excluding hydrogens is 682 g/mol. The zero-order valence-electron chi connectivity index (χ0n) is 19.4.